The molecule has 1 atom stereocenters. The van der Waals surface area contributed by atoms with Crippen LogP contribution in [0.15, 0.2) is 30.3 Å². The summed E-state index contributed by atoms with van der Waals surface area (Å²) in [4.78, 5) is 12.2. The molecular formula is C13H18N2OS. The van der Waals surface area contributed by atoms with Gasteiger partial charge in [0.05, 0.1) is 0 Å². The molecule has 0 saturated heterocycles. The van der Waals surface area contributed by atoms with Gasteiger partial charge in [0.25, 0.3) is 0 Å². The predicted octanol–water partition coefficient (Wildman–Crippen LogP) is 2.18. The Morgan fingerprint density at radius 2 is 1.82 bits per heavy atom. The third-order valence-corrected chi connectivity index (χ3v) is 2.61. The smallest absolute Gasteiger partial charge is 0.226 e. The SMILES string of the molecule is CC(C)(C)C(=O)NC(C(N)=S)c1ccccc1. The van der Waals surface area contributed by atoms with Gasteiger partial charge in [-0.2, -0.15) is 0 Å². The van der Waals surface area contributed by atoms with Crippen molar-refractivity contribution in [3.63, 3.8) is 0 Å². The lowest BCUT2D eigenvalue weighted by Gasteiger charge is -2.23. The summed E-state index contributed by atoms with van der Waals surface area (Å²) in [6.45, 7) is 5.55. The highest BCUT2D eigenvalue weighted by molar-refractivity contribution is 7.80. The average molecular weight is 250 g/mol. The molecule has 1 amide bonds. The van der Waals surface area contributed by atoms with E-state index in [1.807, 2.05) is 51.1 Å². The lowest BCUT2D eigenvalue weighted by molar-refractivity contribution is -0.128. The number of rotatable bonds is 3. The van der Waals surface area contributed by atoms with E-state index in [0.717, 1.165) is 5.56 Å². The first-order valence-corrected chi connectivity index (χ1v) is 5.88. The third-order valence-electron chi connectivity index (χ3n) is 2.37. The van der Waals surface area contributed by atoms with Crippen molar-refractivity contribution in [2.75, 3.05) is 0 Å². The van der Waals surface area contributed by atoms with E-state index in [9.17, 15) is 4.79 Å². The monoisotopic (exact) mass is 250 g/mol. The number of nitrogens with one attached hydrogen (secondary N) is 1. The van der Waals surface area contributed by atoms with Gasteiger partial charge in [0, 0.05) is 5.41 Å². The Kier molecular flexibility index (Phi) is 4.23. The van der Waals surface area contributed by atoms with Crippen molar-refractivity contribution >= 4 is 23.1 Å². The molecule has 0 saturated carbocycles. The number of benzene rings is 1. The van der Waals surface area contributed by atoms with Crippen molar-refractivity contribution in [3.8, 4) is 0 Å². The van der Waals surface area contributed by atoms with Gasteiger partial charge in [-0.05, 0) is 5.56 Å². The first kappa shape index (κ1) is 13.6. The summed E-state index contributed by atoms with van der Waals surface area (Å²) in [6.07, 6.45) is 0. The molecule has 1 rings (SSSR count). The lowest BCUT2D eigenvalue weighted by atomic mass is 9.94. The van der Waals surface area contributed by atoms with Crippen LogP contribution in [0, 0.1) is 5.41 Å². The van der Waals surface area contributed by atoms with Gasteiger partial charge in [-0.1, -0.05) is 63.3 Å². The second-order valence-corrected chi connectivity index (χ2v) is 5.44. The van der Waals surface area contributed by atoms with Gasteiger partial charge in [0.2, 0.25) is 5.91 Å². The zero-order valence-electron chi connectivity index (χ0n) is 10.4. The summed E-state index contributed by atoms with van der Waals surface area (Å²) in [7, 11) is 0. The molecule has 0 heterocycles. The van der Waals surface area contributed by atoms with Crippen molar-refractivity contribution in [1.29, 1.82) is 0 Å². The molecule has 0 fully saturated rings. The van der Waals surface area contributed by atoms with E-state index in [0.29, 0.717) is 0 Å². The predicted molar refractivity (Wildman–Crippen MR) is 73.6 cm³/mol. The van der Waals surface area contributed by atoms with Crippen LogP contribution in [0.1, 0.15) is 32.4 Å². The van der Waals surface area contributed by atoms with Gasteiger partial charge in [0.15, 0.2) is 0 Å². The number of hydrogen-bond donors (Lipinski definition) is 2. The summed E-state index contributed by atoms with van der Waals surface area (Å²) in [6, 6.07) is 9.08. The largest absolute Gasteiger partial charge is 0.391 e. The van der Waals surface area contributed by atoms with Crippen molar-refractivity contribution < 1.29 is 4.79 Å². The maximum atomic E-state index is 11.9. The van der Waals surface area contributed by atoms with Crippen LogP contribution in [0.3, 0.4) is 0 Å². The van der Waals surface area contributed by atoms with Crippen molar-refractivity contribution in [2.45, 2.75) is 26.8 Å². The van der Waals surface area contributed by atoms with E-state index in [1.165, 1.54) is 0 Å². The summed E-state index contributed by atoms with van der Waals surface area (Å²) in [5.74, 6) is -0.0702. The molecule has 3 N–H and O–H groups in total. The molecule has 0 aromatic heterocycles. The maximum Gasteiger partial charge on any atom is 0.226 e. The quantitative estimate of drug-likeness (QED) is 0.808. The minimum atomic E-state index is -0.461. The highest BCUT2D eigenvalue weighted by Crippen LogP contribution is 2.18. The molecule has 0 bridgehead atoms. The minimum absolute atomic E-state index is 0.0702. The highest BCUT2D eigenvalue weighted by atomic mass is 32.1. The van der Waals surface area contributed by atoms with Crippen LogP contribution in [0.5, 0.6) is 0 Å². The second-order valence-electron chi connectivity index (χ2n) is 4.97. The molecule has 0 radical (unpaired) electrons. The Balaban J connectivity index is 2.90. The number of thiocarbonyl (C=S) groups is 1. The zero-order chi connectivity index (χ0) is 13.1. The van der Waals surface area contributed by atoms with Crippen molar-refractivity contribution in [3.05, 3.63) is 35.9 Å². The van der Waals surface area contributed by atoms with Crippen LogP contribution in [0.2, 0.25) is 0 Å². The molecule has 0 aliphatic rings. The van der Waals surface area contributed by atoms with Crippen LogP contribution in [-0.4, -0.2) is 10.9 Å². The van der Waals surface area contributed by atoms with E-state index in [4.69, 9.17) is 18.0 Å². The highest BCUT2D eigenvalue weighted by Gasteiger charge is 2.25. The molecule has 92 valence electrons. The Morgan fingerprint density at radius 1 is 1.29 bits per heavy atom. The summed E-state index contributed by atoms with van der Waals surface area (Å²) in [5.41, 5.74) is 6.12. The number of amides is 1. The molecule has 17 heavy (non-hydrogen) atoms. The molecule has 3 nitrogen and oxygen atoms in total. The summed E-state index contributed by atoms with van der Waals surface area (Å²) >= 11 is 5.00. The normalized spacial score (nSPS) is 12.9. The van der Waals surface area contributed by atoms with Gasteiger partial charge in [0.1, 0.15) is 11.0 Å². The number of hydrogen-bond acceptors (Lipinski definition) is 2. The fourth-order valence-corrected chi connectivity index (χ4v) is 1.51. The molecular weight excluding hydrogens is 232 g/mol. The van der Waals surface area contributed by atoms with E-state index in [2.05, 4.69) is 5.32 Å². The Morgan fingerprint density at radius 3 is 2.24 bits per heavy atom. The van der Waals surface area contributed by atoms with Crippen LogP contribution in [0.25, 0.3) is 0 Å². The summed E-state index contributed by atoms with van der Waals surface area (Å²) < 4.78 is 0. The molecule has 1 aromatic rings. The second kappa shape index (κ2) is 5.27. The fourth-order valence-electron chi connectivity index (χ4n) is 1.31. The Hall–Kier alpha value is -1.42. The first-order chi connectivity index (χ1) is 7.82. The average Bonchev–Trinajstić information content (AvgIpc) is 2.25. The van der Waals surface area contributed by atoms with Crippen molar-refractivity contribution in [1.82, 2.24) is 5.32 Å². The van der Waals surface area contributed by atoms with Crippen LogP contribution in [-0.2, 0) is 4.79 Å². The van der Waals surface area contributed by atoms with Gasteiger partial charge in [-0.25, -0.2) is 0 Å². The molecule has 1 aromatic carbocycles. The number of carbonyl (C=O) groups excluding carboxylic acids is 1. The maximum absolute atomic E-state index is 11.9. The number of nitrogens with two attached hydrogens (primary N) is 1. The van der Waals surface area contributed by atoms with Gasteiger partial charge < -0.3 is 11.1 Å². The van der Waals surface area contributed by atoms with Gasteiger partial charge in [-0.15, -0.1) is 0 Å². The number of carbonyl (C=O) groups is 1. The molecule has 0 aliphatic heterocycles. The van der Waals surface area contributed by atoms with E-state index < -0.39 is 11.5 Å². The first-order valence-electron chi connectivity index (χ1n) is 5.47. The Labute approximate surface area is 107 Å². The third kappa shape index (κ3) is 3.82. The zero-order valence-corrected chi connectivity index (χ0v) is 11.2. The Bertz CT molecular complexity index is 409. The van der Waals surface area contributed by atoms with E-state index in [1.54, 1.807) is 0 Å². The summed E-state index contributed by atoms with van der Waals surface area (Å²) in [5, 5.41) is 2.87. The lowest BCUT2D eigenvalue weighted by Crippen LogP contribution is -2.42. The van der Waals surface area contributed by atoms with Gasteiger partial charge in [-0.3, -0.25) is 4.79 Å². The standard InChI is InChI=1S/C13H18N2OS/c1-13(2,3)12(16)15-10(11(14)17)9-7-5-4-6-8-9/h4-8,10H,1-3H3,(H2,14,17)(H,15,16). The molecule has 1 unspecified atom stereocenters. The molecule has 4 heteroatoms. The molecule has 0 spiro atoms. The fraction of sp³-hybridized carbons (Fsp3) is 0.385. The van der Waals surface area contributed by atoms with Crippen LogP contribution in [0.4, 0.5) is 0 Å². The van der Waals surface area contributed by atoms with E-state index in [-0.39, 0.29) is 10.9 Å². The minimum Gasteiger partial charge on any atom is -0.391 e. The van der Waals surface area contributed by atoms with Crippen LogP contribution >= 0.6 is 12.2 Å². The van der Waals surface area contributed by atoms with E-state index >= 15 is 0 Å². The van der Waals surface area contributed by atoms with Gasteiger partial charge >= 0.3 is 0 Å². The van der Waals surface area contributed by atoms with Crippen molar-refractivity contribution in [2.24, 2.45) is 11.1 Å². The molecule has 0 aliphatic carbocycles. The topological polar surface area (TPSA) is 55.1 Å². The van der Waals surface area contributed by atoms with Crippen LogP contribution < -0.4 is 11.1 Å².